The number of hydrogen-bond acceptors (Lipinski definition) is 14. The topological polar surface area (TPSA) is 231 Å². The van der Waals surface area contributed by atoms with E-state index in [0.29, 0.717) is 16.9 Å². The highest BCUT2D eigenvalue weighted by Gasteiger charge is 2.54. The number of tetrazole rings is 1. The summed E-state index contributed by atoms with van der Waals surface area (Å²) in [6.07, 6.45) is 2.30. The number of carboxylic acid groups (broad SMARTS) is 2. The van der Waals surface area contributed by atoms with Crippen LogP contribution in [0.15, 0.2) is 33.0 Å². The molecule has 23 heteroatoms. The number of carbonyl (C=O) groups excluding carboxylic acids is 3. The fourth-order valence-corrected chi connectivity index (χ4v) is 6.76. The lowest BCUT2D eigenvalue weighted by Gasteiger charge is -2.49. The largest absolute Gasteiger partial charge is 0.481 e. The van der Waals surface area contributed by atoms with Crippen molar-refractivity contribution in [2.45, 2.75) is 29.2 Å². The first kappa shape index (κ1) is 33.9. The molecular weight excluding hydrogens is 684 g/mol. The van der Waals surface area contributed by atoms with Crippen LogP contribution >= 0.6 is 34.9 Å². The van der Waals surface area contributed by atoms with Crippen molar-refractivity contribution >= 4 is 81.6 Å². The summed E-state index contributed by atoms with van der Waals surface area (Å²) in [6.45, 7) is -0.397. The van der Waals surface area contributed by atoms with Crippen LogP contribution in [-0.2, 0) is 28.8 Å². The first-order valence-corrected chi connectivity index (χ1v) is 15.2. The minimum absolute atomic E-state index is 0.0513. The average molecular weight is 702 g/mol. The summed E-state index contributed by atoms with van der Waals surface area (Å²) >= 11 is 2.75. The number of rotatable bonds is 13. The number of alkyl halides is 3. The maximum absolute atomic E-state index is 13.2. The minimum atomic E-state index is -5.19. The van der Waals surface area contributed by atoms with Gasteiger partial charge in [0.15, 0.2) is 17.5 Å². The van der Waals surface area contributed by atoms with E-state index in [2.05, 4.69) is 36.9 Å². The molecule has 46 heavy (non-hydrogen) atoms. The number of carboxylic acids is 2. The Labute approximate surface area is 267 Å². The molecule has 4 rings (SSSR count). The molecule has 2 aliphatic heterocycles. The molecule has 0 radical (unpaired) electrons. The van der Waals surface area contributed by atoms with E-state index in [-0.39, 0.29) is 34.5 Å². The van der Waals surface area contributed by atoms with Crippen molar-refractivity contribution in [3.8, 4) is 12.3 Å². The lowest BCUT2D eigenvalue weighted by Crippen LogP contribution is -2.71. The molecule has 17 nitrogen and oxygen atoms in total. The number of nitrogens with one attached hydrogen (secondary N) is 2. The molecule has 2 aromatic heterocycles. The number of oxime groups is 1. The van der Waals surface area contributed by atoms with Crippen molar-refractivity contribution in [3.63, 3.8) is 0 Å². The first-order valence-electron chi connectivity index (χ1n) is 12.3. The highest BCUT2D eigenvalue weighted by atomic mass is 32.2. The van der Waals surface area contributed by atoms with Crippen LogP contribution in [0.25, 0.3) is 6.20 Å². The number of halogens is 3. The van der Waals surface area contributed by atoms with E-state index < -0.39 is 64.7 Å². The Hall–Kier alpha value is -4.95. The third-order valence-electron chi connectivity index (χ3n) is 5.66. The number of anilines is 1. The zero-order valence-corrected chi connectivity index (χ0v) is 25.1. The van der Waals surface area contributed by atoms with Crippen LogP contribution in [0.4, 0.5) is 18.3 Å². The molecule has 2 aliphatic rings. The molecular formula is C23H18F3N9O8S3. The van der Waals surface area contributed by atoms with Gasteiger partial charge in [-0.15, -0.1) is 34.6 Å². The Morgan fingerprint density at radius 3 is 2.74 bits per heavy atom. The molecule has 3 amide bonds. The van der Waals surface area contributed by atoms with Gasteiger partial charge in [0, 0.05) is 23.1 Å². The number of carbonyl (C=O) groups is 5. The van der Waals surface area contributed by atoms with E-state index in [1.54, 1.807) is 5.32 Å². The second-order valence-electron chi connectivity index (χ2n) is 8.70. The Kier molecular flexibility index (Phi) is 10.6. The van der Waals surface area contributed by atoms with E-state index in [9.17, 15) is 42.3 Å². The number of aromatic nitrogens is 5. The van der Waals surface area contributed by atoms with Crippen molar-refractivity contribution in [2.24, 2.45) is 5.16 Å². The van der Waals surface area contributed by atoms with Gasteiger partial charge in [-0.3, -0.25) is 29.4 Å². The maximum Gasteiger partial charge on any atom is 0.471 e. The zero-order chi connectivity index (χ0) is 33.6. The molecule has 2 aromatic rings. The van der Waals surface area contributed by atoms with Gasteiger partial charge in [0.05, 0.1) is 6.42 Å². The van der Waals surface area contributed by atoms with Crippen LogP contribution < -0.4 is 10.6 Å². The zero-order valence-electron chi connectivity index (χ0n) is 22.6. The van der Waals surface area contributed by atoms with Crippen LogP contribution in [-0.4, -0.2) is 111 Å². The van der Waals surface area contributed by atoms with Crippen molar-refractivity contribution in [1.29, 1.82) is 0 Å². The van der Waals surface area contributed by atoms with Crippen molar-refractivity contribution in [1.82, 2.24) is 35.4 Å². The predicted octanol–water partition coefficient (Wildman–Crippen LogP) is 0.461. The van der Waals surface area contributed by atoms with Gasteiger partial charge in [0.25, 0.3) is 11.8 Å². The molecule has 242 valence electrons. The van der Waals surface area contributed by atoms with E-state index in [4.69, 9.17) is 16.4 Å². The number of nitrogens with zero attached hydrogens (tertiary/aromatic N) is 7. The summed E-state index contributed by atoms with van der Waals surface area (Å²) in [5.74, 6) is -4.29. The van der Waals surface area contributed by atoms with E-state index in [0.717, 1.165) is 33.8 Å². The number of fused-ring (bicyclic) bond motifs is 1. The molecule has 2 atom stereocenters. The van der Waals surface area contributed by atoms with Crippen molar-refractivity contribution in [3.05, 3.63) is 28.4 Å². The van der Waals surface area contributed by atoms with Gasteiger partial charge < -0.3 is 20.4 Å². The third kappa shape index (κ3) is 7.82. The standard InChI is InChI=1S/C23H18F3N9O8S3/c1-2-6-43-31-13(11-9-45-21(27-11)29-20(42)23(24,25)26)16(38)28-14-17(39)35-15(19(40)41)10(7-44-18(14)35)8-46-22-30-32-33-34(22)5-3-4-12(36)37/h1,3,5,9,14,18H,4,6-8H2,(H,28,38)(H,36,37)(H,40,41)(H,27,29,42)/b5-3+,31-13+/t14?,18-/m1/s1. The molecule has 4 N–H and O–H groups in total. The predicted molar refractivity (Wildman–Crippen MR) is 154 cm³/mol. The number of amides is 3. The molecule has 0 bridgehead atoms. The van der Waals surface area contributed by atoms with Crippen LogP contribution in [0.3, 0.4) is 0 Å². The first-order chi connectivity index (χ1) is 21.8. The Morgan fingerprint density at radius 2 is 2.07 bits per heavy atom. The highest BCUT2D eigenvalue weighted by molar-refractivity contribution is 8.01. The fraction of sp³-hybridized carbons (Fsp3) is 0.304. The Bertz CT molecular complexity index is 1700. The molecule has 0 saturated carbocycles. The summed E-state index contributed by atoms with van der Waals surface area (Å²) in [6, 6.07) is -1.23. The van der Waals surface area contributed by atoms with Gasteiger partial charge in [0.1, 0.15) is 22.8 Å². The van der Waals surface area contributed by atoms with Crippen LogP contribution in [0.2, 0.25) is 0 Å². The summed E-state index contributed by atoms with van der Waals surface area (Å²) < 4.78 is 39.0. The van der Waals surface area contributed by atoms with Crippen LogP contribution in [0.5, 0.6) is 0 Å². The van der Waals surface area contributed by atoms with Gasteiger partial charge in [-0.2, -0.15) is 17.9 Å². The molecule has 0 aromatic carbocycles. The maximum atomic E-state index is 13.2. The summed E-state index contributed by atoms with van der Waals surface area (Å²) in [4.78, 5) is 70.1. The Morgan fingerprint density at radius 1 is 1.30 bits per heavy atom. The smallest absolute Gasteiger partial charge is 0.471 e. The SMILES string of the molecule is C#CCO/N=C(/C(=O)NC1C(=O)N2C(C(=O)O)=C(CSc3nnnn3/C=C/CC(=O)O)CS[C@H]12)c1csc(NC(=O)C(F)(F)F)n1. The molecule has 1 saturated heterocycles. The van der Waals surface area contributed by atoms with Gasteiger partial charge >= 0.3 is 24.0 Å². The molecule has 0 spiro atoms. The van der Waals surface area contributed by atoms with Gasteiger partial charge in [-0.05, 0) is 16.0 Å². The summed E-state index contributed by atoms with van der Waals surface area (Å²) in [5, 5.41) is 37.3. The van der Waals surface area contributed by atoms with E-state index in [1.165, 1.54) is 17.0 Å². The number of β-lactam (4-membered cyclic amide) rings is 1. The van der Waals surface area contributed by atoms with Gasteiger partial charge in [-0.25, -0.2) is 9.78 Å². The van der Waals surface area contributed by atoms with Gasteiger partial charge in [-0.1, -0.05) is 28.9 Å². The quantitative estimate of drug-likeness (QED) is 0.0555. The monoisotopic (exact) mass is 701 g/mol. The van der Waals surface area contributed by atoms with Crippen molar-refractivity contribution < 1.29 is 52.2 Å². The van der Waals surface area contributed by atoms with Gasteiger partial charge in [0.2, 0.25) is 5.16 Å². The molecule has 1 unspecified atom stereocenters. The second-order valence-corrected chi connectivity index (χ2v) is 11.6. The number of aliphatic carboxylic acids is 2. The normalized spacial score (nSPS) is 18.1. The number of thiazole rings is 1. The minimum Gasteiger partial charge on any atom is -0.481 e. The lowest BCUT2D eigenvalue weighted by molar-refractivity contribution is -0.167. The number of terminal acetylenes is 1. The lowest BCUT2D eigenvalue weighted by atomic mass is 10.0. The third-order valence-corrected chi connectivity index (χ3v) is 8.77. The van der Waals surface area contributed by atoms with Crippen LogP contribution in [0, 0.1) is 12.3 Å². The molecule has 1 fully saturated rings. The van der Waals surface area contributed by atoms with E-state index in [1.807, 2.05) is 0 Å². The average Bonchev–Trinajstić information content (AvgIpc) is 3.65. The summed E-state index contributed by atoms with van der Waals surface area (Å²) in [7, 11) is 0. The summed E-state index contributed by atoms with van der Waals surface area (Å²) in [5.41, 5.74) is -0.834. The van der Waals surface area contributed by atoms with Crippen LogP contribution in [0.1, 0.15) is 12.1 Å². The number of hydrogen-bond donors (Lipinski definition) is 4. The fourth-order valence-electron chi connectivity index (χ4n) is 3.73. The second kappa shape index (κ2) is 14.4. The van der Waals surface area contributed by atoms with E-state index >= 15 is 0 Å². The Balaban J connectivity index is 1.47. The van der Waals surface area contributed by atoms with Crippen molar-refractivity contribution in [2.75, 3.05) is 23.4 Å². The highest BCUT2D eigenvalue weighted by Crippen LogP contribution is 2.41. The molecule has 4 heterocycles. The number of thioether (sulfide) groups is 2. The molecule has 0 aliphatic carbocycles.